The highest BCUT2D eigenvalue weighted by Gasteiger charge is 2.25. The molecule has 7 nitrogen and oxygen atoms in total. The molecule has 1 saturated heterocycles. The van der Waals surface area contributed by atoms with Gasteiger partial charge in [-0.3, -0.25) is 9.48 Å². The van der Waals surface area contributed by atoms with E-state index in [4.69, 9.17) is 0 Å². The first-order chi connectivity index (χ1) is 15.2. The highest BCUT2D eigenvalue weighted by atomic mass is 16.2. The second kappa shape index (κ2) is 9.10. The average molecular weight is 428 g/mol. The molecular weight excluding hydrogens is 397 g/mol. The zero-order chi connectivity index (χ0) is 22.9. The number of nitrogens with one attached hydrogen (secondary N) is 1. The molecule has 1 fully saturated rings. The first-order valence-corrected chi connectivity index (χ1v) is 11.6. The van der Waals surface area contributed by atoms with E-state index in [-0.39, 0.29) is 17.1 Å². The van der Waals surface area contributed by atoms with Crippen LogP contribution >= 0.6 is 0 Å². The number of nitrogens with zero attached hydrogens (tertiary/aromatic N) is 5. The van der Waals surface area contributed by atoms with E-state index in [0.29, 0.717) is 11.7 Å². The van der Waals surface area contributed by atoms with Crippen molar-refractivity contribution < 1.29 is 4.79 Å². The Morgan fingerprint density at radius 1 is 1.16 bits per heavy atom. The molecule has 10 heteroatoms. The molecule has 0 bridgehead atoms. The smallest absolute Gasteiger partial charge is 0.228 e. The lowest BCUT2D eigenvalue weighted by molar-refractivity contribution is -0.121. The summed E-state index contributed by atoms with van der Waals surface area (Å²) in [6.45, 7) is 7.52. The molecule has 164 valence electrons. The number of fused-ring (bicyclic) bond motifs is 1. The summed E-state index contributed by atoms with van der Waals surface area (Å²) in [5.41, 5.74) is 2.92. The summed E-state index contributed by atoms with van der Waals surface area (Å²) in [5.74, 6) is 1.24. The van der Waals surface area contributed by atoms with Crippen molar-refractivity contribution in [2.75, 3.05) is 25.0 Å². The second-order valence-corrected chi connectivity index (χ2v) is 10.3. The SMILES string of the molecule is BC(B)(B)n1cc(-c2ccc3nnc(NC(=O)C4CCN(CC(C)C)CC4)cc3c2)cn1. The largest absolute Gasteiger partial charge is 0.309 e. The van der Waals surface area contributed by atoms with Crippen molar-refractivity contribution in [2.45, 2.75) is 31.9 Å². The van der Waals surface area contributed by atoms with Crippen LogP contribution in [0.1, 0.15) is 26.7 Å². The molecule has 1 aliphatic heterocycles. The third-order valence-electron chi connectivity index (χ3n) is 6.02. The van der Waals surface area contributed by atoms with E-state index >= 15 is 0 Å². The van der Waals surface area contributed by atoms with E-state index in [2.05, 4.69) is 75.2 Å². The maximum absolute atomic E-state index is 12.8. The Morgan fingerprint density at radius 2 is 1.91 bits per heavy atom. The number of carbonyl (C=O) groups excluding carboxylic acids is 1. The van der Waals surface area contributed by atoms with Crippen LogP contribution in [0.5, 0.6) is 0 Å². The van der Waals surface area contributed by atoms with Crippen LogP contribution in [0.4, 0.5) is 5.82 Å². The molecule has 4 rings (SSSR count). The van der Waals surface area contributed by atoms with Gasteiger partial charge in [0.1, 0.15) is 23.5 Å². The van der Waals surface area contributed by atoms with Gasteiger partial charge in [0.2, 0.25) is 5.91 Å². The van der Waals surface area contributed by atoms with E-state index < -0.39 is 0 Å². The van der Waals surface area contributed by atoms with Crippen LogP contribution in [0.3, 0.4) is 0 Å². The number of likely N-dealkylation sites (tertiary alicyclic amines) is 1. The summed E-state index contributed by atoms with van der Waals surface area (Å²) < 4.78 is 1.97. The van der Waals surface area contributed by atoms with Crippen molar-refractivity contribution >= 4 is 46.2 Å². The Kier molecular flexibility index (Phi) is 6.42. The van der Waals surface area contributed by atoms with Gasteiger partial charge in [0, 0.05) is 29.6 Å². The van der Waals surface area contributed by atoms with Gasteiger partial charge in [0.05, 0.1) is 11.7 Å². The predicted molar refractivity (Wildman–Crippen MR) is 137 cm³/mol. The van der Waals surface area contributed by atoms with Gasteiger partial charge in [-0.05, 0) is 60.8 Å². The molecule has 1 aliphatic rings. The molecule has 0 aliphatic carbocycles. The number of piperidine rings is 1. The summed E-state index contributed by atoms with van der Waals surface area (Å²) in [4.78, 5) is 15.3. The van der Waals surface area contributed by atoms with Gasteiger partial charge in [-0.2, -0.15) is 5.10 Å². The average Bonchev–Trinajstić information content (AvgIpc) is 3.24. The normalized spacial score (nSPS) is 16.0. The fraction of sp³-hybridized carbons (Fsp3) is 0.455. The van der Waals surface area contributed by atoms with E-state index in [1.54, 1.807) is 0 Å². The van der Waals surface area contributed by atoms with Crippen molar-refractivity contribution in [3.8, 4) is 11.1 Å². The Morgan fingerprint density at radius 3 is 2.56 bits per heavy atom. The van der Waals surface area contributed by atoms with Crippen molar-refractivity contribution in [3.63, 3.8) is 0 Å². The van der Waals surface area contributed by atoms with Crippen molar-refractivity contribution in [2.24, 2.45) is 11.8 Å². The van der Waals surface area contributed by atoms with E-state index in [9.17, 15) is 4.79 Å². The highest BCUT2D eigenvalue weighted by molar-refractivity contribution is 6.56. The highest BCUT2D eigenvalue weighted by Crippen LogP contribution is 2.25. The Labute approximate surface area is 192 Å². The molecule has 0 radical (unpaired) electrons. The number of hydrogen-bond acceptors (Lipinski definition) is 5. The minimum atomic E-state index is -0.0665. The number of aromatic nitrogens is 4. The second-order valence-electron chi connectivity index (χ2n) is 10.3. The molecular formula is C22H31B3N6O. The van der Waals surface area contributed by atoms with Crippen molar-refractivity contribution in [1.82, 2.24) is 24.9 Å². The van der Waals surface area contributed by atoms with Gasteiger partial charge in [-0.1, -0.05) is 19.9 Å². The third kappa shape index (κ3) is 5.23. The van der Waals surface area contributed by atoms with Crippen molar-refractivity contribution in [3.05, 3.63) is 36.7 Å². The van der Waals surface area contributed by atoms with Crippen LogP contribution in [-0.2, 0) is 10.0 Å². The molecule has 2 aromatic heterocycles. The first-order valence-electron chi connectivity index (χ1n) is 11.6. The maximum Gasteiger partial charge on any atom is 0.228 e. The minimum absolute atomic E-state index is 0.0329. The lowest BCUT2D eigenvalue weighted by atomic mass is 9.49. The summed E-state index contributed by atoms with van der Waals surface area (Å²) in [6.07, 6.45) is 5.72. The van der Waals surface area contributed by atoms with Gasteiger partial charge in [-0.15, -0.1) is 10.2 Å². The molecule has 1 N–H and O–H groups in total. The van der Waals surface area contributed by atoms with Gasteiger partial charge in [-0.25, -0.2) is 0 Å². The molecule has 3 aromatic rings. The van der Waals surface area contributed by atoms with Gasteiger partial charge in [0.25, 0.3) is 0 Å². The number of rotatable bonds is 6. The zero-order valence-corrected chi connectivity index (χ0v) is 19.8. The number of amides is 1. The molecule has 0 atom stereocenters. The molecule has 1 aromatic carbocycles. The van der Waals surface area contributed by atoms with Crippen LogP contribution in [0.25, 0.3) is 22.0 Å². The van der Waals surface area contributed by atoms with E-state index in [1.165, 1.54) is 0 Å². The Balaban J connectivity index is 1.46. The van der Waals surface area contributed by atoms with Crippen LogP contribution < -0.4 is 5.32 Å². The van der Waals surface area contributed by atoms with Crippen LogP contribution in [0, 0.1) is 11.8 Å². The summed E-state index contributed by atoms with van der Waals surface area (Å²) in [7, 11) is 6.38. The number of carbonyl (C=O) groups is 1. The molecule has 0 unspecified atom stereocenters. The predicted octanol–water partition coefficient (Wildman–Crippen LogP) is 0.267. The number of anilines is 1. The molecule has 1 amide bonds. The quantitative estimate of drug-likeness (QED) is 0.571. The number of benzene rings is 1. The van der Waals surface area contributed by atoms with E-state index in [1.807, 2.05) is 29.1 Å². The third-order valence-corrected chi connectivity index (χ3v) is 6.02. The van der Waals surface area contributed by atoms with Crippen molar-refractivity contribution in [1.29, 1.82) is 0 Å². The summed E-state index contributed by atoms with van der Waals surface area (Å²) in [6, 6.07) is 7.98. The fourth-order valence-corrected chi connectivity index (χ4v) is 4.25. The summed E-state index contributed by atoms with van der Waals surface area (Å²) in [5, 5.41) is 16.9. The fourth-order valence-electron chi connectivity index (χ4n) is 4.25. The zero-order valence-electron chi connectivity index (χ0n) is 19.8. The molecule has 32 heavy (non-hydrogen) atoms. The van der Waals surface area contributed by atoms with Crippen LogP contribution in [0.2, 0.25) is 0 Å². The molecule has 0 saturated carbocycles. The van der Waals surface area contributed by atoms with E-state index in [0.717, 1.165) is 54.5 Å². The lowest BCUT2D eigenvalue weighted by Crippen LogP contribution is -2.39. The van der Waals surface area contributed by atoms with Gasteiger partial charge >= 0.3 is 0 Å². The Hall–Kier alpha value is -2.61. The van der Waals surface area contributed by atoms with Gasteiger partial charge < -0.3 is 10.2 Å². The molecule has 0 spiro atoms. The van der Waals surface area contributed by atoms with Crippen LogP contribution in [0.15, 0.2) is 36.7 Å². The molecule has 3 heterocycles. The minimum Gasteiger partial charge on any atom is -0.309 e. The lowest BCUT2D eigenvalue weighted by Gasteiger charge is -2.32. The standard InChI is InChI=1S/C22H31B3N6O/c1-14(2)12-30-7-5-15(6-8-30)21(32)27-20-10-17-9-16(3-4-19(17)28-29-20)18-11-26-31(13-18)22(23,24)25/h3-4,9-11,13-15H,5-8,12,23-25H2,1-2H3,(H,27,29,32). The maximum atomic E-state index is 12.8. The topological polar surface area (TPSA) is 75.9 Å². The summed E-state index contributed by atoms with van der Waals surface area (Å²) >= 11 is 0. The first kappa shape index (κ1) is 22.6. The number of hydrogen-bond donors (Lipinski definition) is 1. The Bertz CT molecular complexity index is 1100. The van der Waals surface area contributed by atoms with Gasteiger partial charge in [0.15, 0.2) is 5.82 Å². The monoisotopic (exact) mass is 428 g/mol. The van der Waals surface area contributed by atoms with Crippen LogP contribution in [-0.4, -0.2) is 74.0 Å².